The van der Waals surface area contributed by atoms with Gasteiger partial charge in [0.05, 0.1) is 10.8 Å². The fourth-order valence-electron chi connectivity index (χ4n) is 1.89. The summed E-state index contributed by atoms with van der Waals surface area (Å²) in [5.74, 6) is 0.691. The van der Waals surface area contributed by atoms with Crippen LogP contribution in [0.3, 0.4) is 0 Å². The van der Waals surface area contributed by atoms with Crippen molar-refractivity contribution in [3.05, 3.63) is 28.8 Å². The Morgan fingerprint density at radius 3 is 1.88 bits per heavy atom. The molecular weight excluding hydrogens is 216 g/mol. The Morgan fingerprint density at radius 1 is 1.12 bits per heavy atom. The molecule has 0 aliphatic heterocycles. The molecule has 0 bridgehead atoms. The van der Waals surface area contributed by atoms with Gasteiger partial charge in [-0.3, -0.25) is 4.21 Å². The van der Waals surface area contributed by atoms with Gasteiger partial charge in [-0.15, -0.1) is 0 Å². The molecular formula is C14H22OS. The summed E-state index contributed by atoms with van der Waals surface area (Å²) in [4.78, 5) is 1.02. The smallest absolute Gasteiger partial charge is 0.0532 e. The Hall–Kier alpha value is -0.630. The van der Waals surface area contributed by atoms with Crippen LogP contribution in [0.2, 0.25) is 0 Å². The third-order valence-corrected chi connectivity index (χ3v) is 4.44. The summed E-state index contributed by atoms with van der Waals surface area (Å²) in [7, 11) is -0.849. The van der Waals surface area contributed by atoms with Crippen molar-refractivity contribution in [2.45, 2.75) is 51.9 Å². The van der Waals surface area contributed by atoms with Crippen LogP contribution in [0.1, 0.15) is 44.4 Å². The minimum Gasteiger partial charge on any atom is -0.254 e. The van der Waals surface area contributed by atoms with Gasteiger partial charge in [-0.25, -0.2) is 0 Å². The summed E-state index contributed by atoms with van der Waals surface area (Å²) in [6, 6.07) is 4.35. The Labute approximate surface area is 102 Å². The Bertz CT molecular complexity index is 390. The molecule has 1 unspecified atom stereocenters. The molecule has 0 aliphatic rings. The maximum absolute atomic E-state index is 11.9. The highest BCUT2D eigenvalue weighted by atomic mass is 32.2. The van der Waals surface area contributed by atoms with E-state index in [0.717, 1.165) is 16.0 Å². The first-order valence-corrected chi connectivity index (χ1v) is 7.09. The second-order valence-corrected chi connectivity index (χ2v) is 7.00. The molecule has 16 heavy (non-hydrogen) atoms. The standard InChI is InChI=1S/C14H22OS/c1-7-16(15)13-10(2)8-12(9-11(13)3)14(4,5)6/h8-9H,7H2,1-6H3. The van der Waals surface area contributed by atoms with Crippen molar-refractivity contribution in [3.63, 3.8) is 0 Å². The zero-order valence-corrected chi connectivity index (χ0v) is 12.0. The molecule has 0 fully saturated rings. The quantitative estimate of drug-likeness (QED) is 0.767. The number of rotatable bonds is 2. The van der Waals surface area contributed by atoms with Gasteiger partial charge in [0.1, 0.15) is 0 Å². The molecule has 1 rings (SSSR count). The molecule has 90 valence electrons. The Morgan fingerprint density at radius 2 is 1.56 bits per heavy atom. The summed E-state index contributed by atoms with van der Waals surface area (Å²) in [6.45, 7) is 12.7. The third kappa shape index (κ3) is 2.73. The van der Waals surface area contributed by atoms with Gasteiger partial charge >= 0.3 is 0 Å². The first kappa shape index (κ1) is 13.4. The van der Waals surface area contributed by atoms with Crippen LogP contribution in [0, 0.1) is 13.8 Å². The highest BCUT2D eigenvalue weighted by Gasteiger charge is 2.17. The van der Waals surface area contributed by atoms with E-state index in [1.807, 2.05) is 6.92 Å². The van der Waals surface area contributed by atoms with Crippen molar-refractivity contribution in [3.8, 4) is 0 Å². The van der Waals surface area contributed by atoms with Crippen LogP contribution in [-0.4, -0.2) is 9.96 Å². The van der Waals surface area contributed by atoms with Gasteiger partial charge in [-0.2, -0.15) is 0 Å². The van der Waals surface area contributed by atoms with E-state index in [2.05, 4.69) is 46.8 Å². The van der Waals surface area contributed by atoms with Crippen LogP contribution in [0.15, 0.2) is 17.0 Å². The largest absolute Gasteiger partial charge is 0.254 e. The first-order valence-electron chi connectivity index (χ1n) is 5.77. The summed E-state index contributed by atoms with van der Waals surface area (Å²) >= 11 is 0. The fraction of sp³-hybridized carbons (Fsp3) is 0.571. The highest BCUT2D eigenvalue weighted by molar-refractivity contribution is 7.85. The lowest BCUT2D eigenvalue weighted by Crippen LogP contribution is -2.13. The molecule has 0 N–H and O–H groups in total. The minimum absolute atomic E-state index is 0.155. The summed E-state index contributed by atoms with van der Waals surface area (Å²) in [5, 5.41) is 0. The van der Waals surface area contributed by atoms with E-state index in [1.165, 1.54) is 5.56 Å². The van der Waals surface area contributed by atoms with Crippen molar-refractivity contribution in [2.24, 2.45) is 0 Å². The van der Waals surface area contributed by atoms with Crippen molar-refractivity contribution < 1.29 is 4.21 Å². The molecule has 1 aromatic carbocycles. The minimum atomic E-state index is -0.849. The lowest BCUT2D eigenvalue weighted by Gasteiger charge is -2.22. The lowest BCUT2D eigenvalue weighted by atomic mass is 9.85. The normalized spacial score (nSPS) is 13.9. The summed E-state index contributed by atoms with van der Waals surface area (Å²) < 4.78 is 11.9. The first-order chi connectivity index (χ1) is 7.27. The molecule has 1 nitrogen and oxygen atoms in total. The van der Waals surface area contributed by atoms with Crippen molar-refractivity contribution >= 4 is 10.8 Å². The van der Waals surface area contributed by atoms with Gasteiger partial charge in [0.25, 0.3) is 0 Å². The molecule has 0 aliphatic carbocycles. The molecule has 0 aromatic heterocycles. The number of hydrogen-bond acceptors (Lipinski definition) is 1. The van der Waals surface area contributed by atoms with E-state index in [0.29, 0.717) is 5.75 Å². The van der Waals surface area contributed by atoms with E-state index >= 15 is 0 Å². The lowest BCUT2D eigenvalue weighted by molar-refractivity contribution is 0.588. The number of benzene rings is 1. The van der Waals surface area contributed by atoms with Crippen molar-refractivity contribution in [1.82, 2.24) is 0 Å². The van der Waals surface area contributed by atoms with E-state index in [1.54, 1.807) is 0 Å². The second kappa shape index (κ2) is 4.70. The molecule has 0 amide bonds. The highest BCUT2D eigenvalue weighted by Crippen LogP contribution is 2.28. The Kier molecular flexibility index (Phi) is 3.95. The summed E-state index contributed by atoms with van der Waals surface area (Å²) in [6.07, 6.45) is 0. The van der Waals surface area contributed by atoms with Gasteiger partial charge in [0.2, 0.25) is 0 Å². The topological polar surface area (TPSA) is 17.1 Å². The Balaban J connectivity index is 3.34. The fourth-order valence-corrected chi connectivity index (χ4v) is 3.01. The zero-order chi connectivity index (χ0) is 12.5. The van der Waals surface area contributed by atoms with Gasteiger partial charge in [-0.1, -0.05) is 39.8 Å². The number of aryl methyl sites for hydroxylation is 2. The van der Waals surface area contributed by atoms with Crippen LogP contribution in [0.5, 0.6) is 0 Å². The van der Waals surface area contributed by atoms with E-state index in [-0.39, 0.29) is 5.41 Å². The number of hydrogen-bond donors (Lipinski definition) is 0. The van der Waals surface area contributed by atoms with E-state index in [9.17, 15) is 4.21 Å². The molecule has 2 heteroatoms. The average Bonchev–Trinajstić information content (AvgIpc) is 2.14. The predicted octanol–water partition coefficient (Wildman–Crippen LogP) is 3.73. The maximum atomic E-state index is 11.9. The third-order valence-electron chi connectivity index (χ3n) is 2.82. The van der Waals surface area contributed by atoms with Crippen LogP contribution >= 0.6 is 0 Å². The van der Waals surface area contributed by atoms with Crippen LogP contribution in [0.4, 0.5) is 0 Å². The molecule has 1 atom stereocenters. The van der Waals surface area contributed by atoms with Crippen LogP contribution in [-0.2, 0) is 16.2 Å². The van der Waals surface area contributed by atoms with E-state index < -0.39 is 10.8 Å². The van der Waals surface area contributed by atoms with Gasteiger partial charge < -0.3 is 0 Å². The zero-order valence-electron chi connectivity index (χ0n) is 11.2. The molecule has 0 radical (unpaired) electrons. The van der Waals surface area contributed by atoms with Gasteiger partial charge in [-0.05, 0) is 36.0 Å². The average molecular weight is 238 g/mol. The SMILES string of the molecule is CCS(=O)c1c(C)cc(C(C)(C)C)cc1C. The molecule has 0 heterocycles. The van der Waals surface area contributed by atoms with Gasteiger partial charge in [0.15, 0.2) is 0 Å². The molecule has 0 saturated heterocycles. The van der Waals surface area contributed by atoms with Crippen LogP contribution in [0.25, 0.3) is 0 Å². The second-order valence-electron chi connectivity index (χ2n) is 5.32. The van der Waals surface area contributed by atoms with Crippen LogP contribution < -0.4 is 0 Å². The predicted molar refractivity (Wildman–Crippen MR) is 71.6 cm³/mol. The summed E-state index contributed by atoms with van der Waals surface area (Å²) in [5.41, 5.74) is 3.79. The molecule has 0 saturated carbocycles. The molecule has 0 spiro atoms. The molecule has 1 aromatic rings. The van der Waals surface area contributed by atoms with Gasteiger partial charge in [0, 0.05) is 10.6 Å². The monoisotopic (exact) mass is 238 g/mol. The van der Waals surface area contributed by atoms with Crippen molar-refractivity contribution in [1.29, 1.82) is 0 Å². The maximum Gasteiger partial charge on any atom is 0.0532 e. The van der Waals surface area contributed by atoms with Crippen molar-refractivity contribution in [2.75, 3.05) is 5.75 Å². The van der Waals surface area contributed by atoms with E-state index in [4.69, 9.17) is 0 Å².